The number of allylic oxidation sites excluding steroid dienone is 3. The van der Waals surface area contributed by atoms with E-state index in [1.165, 1.54) is 0 Å². The third kappa shape index (κ3) is 6.89. The van der Waals surface area contributed by atoms with E-state index >= 15 is 0 Å². The standard InChI is InChI=1S/C38H54O10/c1-9-21(4)33-25(8)16-30(39)37(48-33)18-28-17-27(47-37)14-13-23(6)32(46-35(41)20(2)3)22(5)11-10-12-26-19-44-34-31(40)24(7)15-29(36(42)45-28)38(26,34)43/h9-13,15,20,22,25,27-34,39-40,43H,14,16-19H2,1-8H3/b11-10+,21-9+,23-13+,26-12+/t22-,25-,27+,28-,29-,30+,31+,32+,33+,34+,37-,38+/m0/s1. The molecule has 5 aliphatic rings. The lowest BCUT2D eigenvalue weighted by atomic mass is 9.71. The van der Waals surface area contributed by atoms with Crippen LogP contribution in [-0.4, -0.2) is 88.0 Å². The van der Waals surface area contributed by atoms with Gasteiger partial charge in [0, 0.05) is 18.8 Å². The Morgan fingerprint density at radius 1 is 1.10 bits per heavy atom. The Bertz CT molecular complexity index is 1390. The number of esters is 2. The molecule has 0 radical (unpaired) electrons. The first kappa shape index (κ1) is 36.7. The molecule has 2 bridgehead atoms. The predicted octanol–water partition coefficient (Wildman–Crippen LogP) is 4.63. The van der Waals surface area contributed by atoms with E-state index in [-0.39, 0.29) is 42.9 Å². The number of rotatable bonds is 3. The van der Waals surface area contributed by atoms with Crippen LogP contribution < -0.4 is 0 Å². The molecule has 3 N–H and O–H groups in total. The van der Waals surface area contributed by atoms with E-state index in [1.54, 1.807) is 39.0 Å². The molecule has 5 rings (SSSR count). The lowest BCUT2D eigenvalue weighted by Gasteiger charge is -2.52. The molecule has 0 aromatic carbocycles. The lowest BCUT2D eigenvalue weighted by Crippen LogP contribution is -2.62. The summed E-state index contributed by atoms with van der Waals surface area (Å²) < 4.78 is 31.5. The van der Waals surface area contributed by atoms with Crippen LogP contribution in [0.2, 0.25) is 0 Å². The van der Waals surface area contributed by atoms with E-state index < -0.39 is 59.9 Å². The minimum Gasteiger partial charge on any atom is -0.462 e. The van der Waals surface area contributed by atoms with Gasteiger partial charge in [-0.2, -0.15) is 0 Å². The zero-order valence-electron chi connectivity index (χ0n) is 29.5. The third-order valence-corrected chi connectivity index (χ3v) is 10.9. The van der Waals surface area contributed by atoms with Crippen molar-refractivity contribution in [3.05, 3.63) is 58.7 Å². The third-order valence-electron chi connectivity index (χ3n) is 10.9. The van der Waals surface area contributed by atoms with Crippen LogP contribution in [0, 0.1) is 23.7 Å². The number of carbonyl (C=O) groups is 2. The highest BCUT2D eigenvalue weighted by Gasteiger charge is 2.60. The first-order valence-corrected chi connectivity index (χ1v) is 17.4. The molecule has 4 aliphatic heterocycles. The van der Waals surface area contributed by atoms with E-state index in [2.05, 4.69) is 0 Å². The van der Waals surface area contributed by atoms with Crippen molar-refractivity contribution in [2.75, 3.05) is 6.61 Å². The number of ether oxygens (including phenoxy) is 5. The van der Waals surface area contributed by atoms with Crippen LogP contribution in [0.15, 0.2) is 58.7 Å². The number of carbonyl (C=O) groups excluding carboxylic acids is 2. The van der Waals surface area contributed by atoms with Crippen molar-refractivity contribution in [1.82, 2.24) is 0 Å². The second-order valence-corrected chi connectivity index (χ2v) is 14.9. The van der Waals surface area contributed by atoms with Crippen molar-refractivity contribution in [3.63, 3.8) is 0 Å². The maximum absolute atomic E-state index is 14.1. The Labute approximate surface area is 284 Å². The Morgan fingerprint density at radius 3 is 2.52 bits per heavy atom. The first-order valence-electron chi connectivity index (χ1n) is 17.4. The van der Waals surface area contributed by atoms with Crippen molar-refractivity contribution in [3.8, 4) is 0 Å². The highest BCUT2D eigenvalue weighted by molar-refractivity contribution is 5.78. The lowest BCUT2D eigenvalue weighted by molar-refractivity contribution is -0.363. The van der Waals surface area contributed by atoms with Crippen LogP contribution in [-0.2, 0) is 33.3 Å². The van der Waals surface area contributed by atoms with Crippen molar-refractivity contribution >= 4 is 11.9 Å². The fourth-order valence-electron chi connectivity index (χ4n) is 7.83. The second kappa shape index (κ2) is 14.3. The van der Waals surface area contributed by atoms with Gasteiger partial charge in [-0.3, -0.25) is 9.59 Å². The molecule has 3 fully saturated rings. The van der Waals surface area contributed by atoms with Crippen molar-refractivity contribution in [2.24, 2.45) is 23.7 Å². The molecular weight excluding hydrogens is 616 g/mol. The SMILES string of the molecule is C/C=C(\C)[C@H]1O[C@@]2(C[C@@H]3C[C@@H](C/C=C(\C)[C@H](OC(=O)C(C)C)[C@@H](C)/C=C/C=C4\CO[C@@H]5[C@H](O)C(C)=C[C@@H](C(=O)O3)[C@]45O)O2)[C@H](O)C[C@@H]1C. The van der Waals surface area contributed by atoms with Crippen LogP contribution in [0.3, 0.4) is 0 Å². The van der Waals surface area contributed by atoms with Gasteiger partial charge in [0.05, 0.1) is 24.7 Å². The zero-order chi connectivity index (χ0) is 35.1. The highest BCUT2D eigenvalue weighted by Crippen LogP contribution is 2.48. The second-order valence-electron chi connectivity index (χ2n) is 14.9. The van der Waals surface area contributed by atoms with Gasteiger partial charge >= 0.3 is 11.9 Å². The molecule has 0 saturated carbocycles. The average molecular weight is 671 g/mol. The van der Waals surface area contributed by atoms with Gasteiger partial charge in [0.2, 0.25) is 0 Å². The summed E-state index contributed by atoms with van der Waals surface area (Å²) >= 11 is 0. The van der Waals surface area contributed by atoms with Gasteiger partial charge in [-0.25, -0.2) is 0 Å². The van der Waals surface area contributed by atoms with Gasteiger partial charge in [-0.05, 0) is 68.7 Å². The van der Waals surface area contributed by atoms with Crippen LogP contribution in [0.25, 0.3) is 0 Å². The van der Waals surface area contributed by atoms with Gasteiger partial charge in [-0.1, -0.05) is 64.2 Å². The van der Waals surface area contributed by atoms with Crippen molar-refractivity contribution in [2.45, 2.75) is 135 Å². The smallest absolute Gasteiger partial charge is 0.316 e. The Morgan fingerprint density at radius 2 is 1.83 bits per heavy atom. The van der Waals surface area contributed by atoms with Crippen LogP contribution in [0.4, 0.5) is 0 Å². The molecule has 266 valence electrons. The molecule has 0 unspecified atom stereocenters. The van der Waals surface area contributed by atoms with Crippen LogP contribution in [0.1, 0.15) is 81.1 Å². The Hall–Kier alpha value is -2.60. The molecule has 0 aromatic rings. The largest absolute Gasteiger partial charge is 0.462 e. The summed E-state index contributed by atoms with van der Waals surface area (Å²) in [5.74, 6) is -4.08. The van der Waals surface area contributed by atoms with E-state index in [0.717, 1.165) is 11.1 Å². The Balaban J connectivity index is 1.59. The highest BCUT2D eigenvalue weighted by atomic mass is 16.7. The molecule has 12 atom stereocenters. The quantitative estimate of drug-likeness (QED) is 0.288. The summed E-state index contributed by atoms with van der Waals surface area (Å²) in [6, 6.07) is 0. The molecule has 4 heterocycles. The van der Waals surface area contributed by atoms with Crippen molar-refractivity contribution in [1.29, 1.82) is 0 Å². The van der Waals surface area contributed by atoms with E-state index in [9.17, 15) is 24.9 Å². The first-order chi connectivity index (χ1) is 22.6. The predicted molar refractivity (Wildman–Crippen MR) is 178 cm³/mol. The number of aliphatic hydroxyl groups excluding tert-OH is 2. The van der Waals surface area contributed by atoms with Gasteiger partial charge in [0.1, 0.15) is 42.0 Å². The molecule has 1 aliphatic carbocycles. The monoisotopic (exact) mass is 670 g/mol. The van der Waals surface area contributed by atoms with Gasteiger partial charge in [-0.15, -0.1) is 0 Å². The number of fused-ring (bicyclic) bond motifs is 2. The van der Waals surface area contributed by atoms with Crippen molar-refractivity contribution < 1.29 is 48.6 Å². The number of hydrogen-bond acceptors (Lipinski definition) is 10. The molecule has 3 saturated heterocycles. The molecule has 0 aromatic heterocycles. The molecule has 10 heteroatoms. The maximum Gasteiger partial charge on any atom is 0.316 e. The summed E-state index contributed by atoms with van der Waals surface area (Å²) in [4.78, 5) is 26.9. The van der Waals surface area contributed by atoms with Crippen LogP contribution in [0.5, 0.6) is 0 Å². The summed E-state index contributed by atoms with van der Waals surface area (Å²) in [6.07, 6.45) is 6.94. The molecular formula is C38H54O10. The summed E-state index contributed by atoms with van der Waals surface area (Å²) in [6.45, 7) is 15.1. The fourth-order valence-corrected chi connectivity index (χ4v) is 7.83. The van der Waals surface area contributed by atoms with E-state index in [0.29, 0.717) is 30.4 Å². The molecule has 1 spiro atoms. The summed E-state index contributed by atoms with van der Waals surface area (Å²) in [5, 5.41) is 34.8. The normalized spacial score (nSPS) is 45.3. The maximum atomic E-state index is 14.1. The Kier molecular flexibility index (Phi) is 10.9. The van der Waals surface area contributed by atoms with E-state index in [1.807, 2.05) is 52.8 Å². The number of aliphatic hydroxyl groups is 3. The fraction of sp³-hybridized carbons (Fsp3) is 0.684. The average Bonchev–Trinajstić information content (AvgIpc) is 3.37. The number of hydrogen-bond donors (Lipinski definition) is 3. The minimum absolute atomic E-state index is 0.0128. The molecule has 0 amide bonds. The summed E-state index contributed by atoms with van der Waals surface area (Å²) in [7, 11) is 0. The van der Waals surface area contributed by atoms with Gasteiger partial charge in [0.25, 0.3) is 0 Å². The van der Waals surface area contributed by atoms with Crippen LogP contribution >= 0.6 is 0 Å². The van der Waals surface area contributed by atoms with E-state index in [4.69, 9.17) is 23.7 Å². The molecule has 10 nitrogen and oxygen atoms in total. The van der Waals surface area contributed by atoms with Gasteiger partial charge in [0.15, 0.2) is 5.79 Å². The topological polar surface area (TPSA) is 141 Å². The van der Waals surface area contributed by atoms with Gasteiger partial charge < -0.3 is 39.0 Å². The summed E-state index contributed by atoms with van der Waals surface area (Å²) in [5.41, 5.74) is 0.935. The minimum atomic E-state index is -1.85. The zero-order valence-corrected chi connectivity index (χ0v) is 29.5. The molecule has 48 heavy (non-hydrogen) atoms.